The highest BCUT2D eigenvalue weighted by atomic mass is 19.1. The molecule has 19 heavy (non-hydrogen) atoms. The molecule has 1 aromatic carbocycles. The summed E-state index contributed by atoms with van der Waals surface area (Å²) in [6, 6.07) is 4.96. The summed E-state index contributed by atoms with van der Waals surface area (Å²) in [4.78, 5) is 4.38. The second-order valence-electron chi connectivity index (χ2n) is 4.66. The Kier molecular flexibility index (Phi) is 4.68. The van der Waals surface area contributed by atoms with E-state index in [0.717, 1.165) is 36.5 Å². The zero-order valence-corrected chi connectivity index (χ0v) is 11.5. The fraction of sp³-hybridized carbons (Fsp3) is 0.400. The van der Waals surface area contributed by atoms with E-state index in [-0.39, 0.29) is 5.82 Å². The molecule has 0 amide bonds. The van der Waals surface area contributed by atoms with Gasteiger partial charge >= 0.3 is 0 Å². The number of nitrogens with one attached hydrogen (secondary N) is 1. The van der Waals surface area contributed by atoms with E-state index in [4.69, 9.17) is 0 Å². The molecule has 0 saturated heterocycles. The molecule has 3 nitrogen and oxygen atoms in total. The predicted molar refractivity (Wildman–Crippen MR) is 74.5 cm³/mol. The number of nitrogens with zero attached hydrogens (tertiary/aromatic N) is 2. The fourth-order valence-electron chi connectivity index (χ4n) is 2.24. The standard InChI is InChI=1S/C15H20FN3/c1-3-7-19-8-6-18-15(19)10-13-9-14(16)5-4-12(13)11-17-2/h4-6,8-9,17H,3,7,10-11H2,1-2H3. The van der Waals surface area contributed by atoms with Gasteiger partial charge in [0.05, 0.1) is 0 Å². The first kappa shape index (κ1) is 13.7. The molecule has 4 heteroatoms. The van der Waals surface area contributed by atoms with Crippen LogP contribution in [0.1, 0.15) is 30.3 Å². The summed E-state index contributed by atoms with van der Waals surface area (Å²) in [6.45, 7) is 3.83. The van der Waals surface area contributed by atoms with Gasteiger partial charge in [-0.3, -0.25) is 0 Å². The maximum atomic E-state index is 13.4. The van der Waals surface area contributed by atoms with Gasteiger partial charge in [0.25, 0.3) is 0 Å². The van der Waals surface area contributed by atoms with Gasteiger partial charge in [-0.25, -0.2) is 9.37 Å². The van der Waals surface area contributed by atoms with E-state index in [1.807, 2.05) is 25.5 Å². The number of benzene rings is 1. The van der Waals surface area contributed by atoms with E-state index in [9.17, 15) is 4.39 Å². The van der Waals surface area contributed by atoms with Crippen LogP contribution in [0.4, 0.5) is 4.39 Å². The minimum absolute atomic E-state index is 0.191. The molecule has 102 valence electrons. The number of aromatic nitrogens is 2. The van der Waals surface area contributed by atoms with Gasteiger partial charge in [0.15, 0.2) is 0 Å². The van der Waals surface area contributed by atoms with Crippen molar-refractivity contribution >= 4 is 0 Å². The highest BCUT2D eigenvalue weighted by molar-refractivity contribution is 5.30. The van der Waals surface area contributed by atoms with Crippen LogP contribution in [-0.4, -0.2) is 16.6 Å². The third-order valence-corrected chi connectivity index (χ3v) is 3.15. The molecule has 2 rings (SSSR count). The summed E-state index contributed by atoms with van der Waals surface area (Å²) in [5.74, 6) is 0.799. The van der Waals surface area contributed by atoms with E-state index in [0.29, 0.717) is 6.42 Å². The Morgan fingerprint density at radius 1 is 1.32 bits per heavy atom. The number of hydrogen-bond acceptors (Lipinski definition) is 2. The Balaban J connectivity index is 2.26. The number of aryl methyl sites for hydroxylation is 1. The average Bonchev–Trinajstić information content (AvgIpc) is 2.81. The number of halogens is 1. The van der Waals surface area contributed by atoms with Crippen molar-refractivity contribution in [2.24, 2.45) is 0 Å². The van der Waals surface area contributed by atoms with Gasteiger partial charge in [-0.1, -0.05) is 13.0 Å². The molecule has 2 aromatic rings. The van der Waals surface area contributed by atoms with E-state index in [1.54, 1.807) is 6.07 Å². The van der Waals surface area contributed by atoms with Gasteiger partial charge in [-0.2, -0.15) is 0 Å². The Bertz CT molecular complexity index is 534. The summed E-state index contributed by atoms with van der Waals surface area (Å²) >= 11 is 0. The zero-order chi connectivity index (χ0) is 13.7. The lowest BCUT2D eigenvalue weighted by Crippen LogP contribution is -2.10. The fourth-order valence-corrected chi connectivity index (χ4v) is 2.24. The minimum Gasteiger partial charge on any atom is -0.335 e. The van der Waals surface area contributed by atoms with Gasteiger partial charge in [-0.15, -0.1) is 0 Å². The molecule has 0 bridgehead atoms. The zero-order valence-electron chi connectivity index (χ0n) is 11.5. The highest BCUT2D eigenvalue weighted by Crippen LogP contribution is 2.16. The molecule has 1 aromatic heterocycles. The first-order chi connectivity index (χ1) is 9.24. The van der Waals surface area contributed by atoms with E-state index in [2.05, 4.69) is 21.8 Å². The van der Waals surface area contributed by atoms with Crippen LogP contribution in [-0.2, 0) is 19.5 Å². The molecule has 1 heterocycles. The molecule has 0 aliphatic carbocycles. The predicted octanol–water partition coefficient (Wildman–Crippen LogP) is 2.74. The number of imidazole rings is 1. The maximum Gasteiger partial charge on any atom is 0.123 e. The third kappa shape index (κ3) is 3.41. The normalized spacial score (nSPS) is 10.9. The summed E-state index contributed by atoms with van der Waals surface area (Å²) in [7, 11) is 1.89. The number of hydrogen-bond donors (Lipinski definition) is 1. The molecular formula is C15H20FN3. The first-order valence-corrected chi connectivity index (χ1v) is 6.66. The molecule has 0 atom stereocenters. The van der Waals surface area contributed by atoms with E-state index in [1.165, 1.54) is 6.07 Å². The summed E-state index contributed by atoms with van der Waals surface area (Å²) < 4.78 is 15.6. The Labute approximate surface area is 113 Å². The van der Waals surface area contributed by atoms with Crippen LogP contribution < -0.4 is 5.32 Å². The molecule has 0 saturated carbocycles. The summed E-state index contributed by atoms with van der Waals surface area (Å²) in [5.41, 5.74) is 2.12. The van der Waals surface area contributed by atoms with Crippen LogP contribution >= 0.6 is 0 Å². The quantitative estimate of drug-likeness (QED) is 0.866. The van der Waals surface area contributed by atoms with Crippen molar-refractivity contribution in [3.63, 3.8) is 0 Å². The molecular weight excluding hydrogens is 241 g/mol. The van der Waals surface area contributed by atoms with Crippen molar-refractivity contribution in [1.29, 1.82) is 0 Å². The van der Waals surface area contributed by atoms with Crippen LogP contribution in [0.2, 0.25) is 0 Å². The highest BCUT2D eigenvalue weighted by Gasteiger charge is 2.08. The molecule has 0 aliphatic rings. The van der Waals surface area contributed by atoms with Crippen molar-refractivity contribution in [2.75, 3.05) is 7.05 Å². The SMILES string of the molecule is CCCn1ccnc1Cc1cc(F)ccc1CNC. The van der Waals surface area contributed by atoms with Crippen LogP contribution in [0.15, 0.2) is 30.6 Å². The Morgan fingerprint density at radius 3 is 2.89 bits per heavy atom. The lowest BCUT2D eigenvalue weighted by molar-refractivity contribution is 0.620. The summed E-state index contributed by atoms with van der Waals surface area (Å²) in [6.07, 6.45) is 5.52. The van der Waals surface area contributed by atoms with E-state index < -0.39 is 0 Å². The topological polar surface area (TPSA) is 29.9 Å². The maximum absolute atomic E-state index is 13.4. The Morgan fingerprint density at radius 2 is 2.16 bits per heavy atom. The lowest BCUT2D eigenvalue weighted by Gasteiger charge is -2.11. The lowest BCUT2D eigenvalue weighted by atomic mass is 10.0. The molecule has 1 N–H and O–H groups in total. The van der Waals surface area contributed by atoms with Crippen LogP contribution in [0, 0.1) is 5.82 Å². The van der Waals surface area contributed by atoms with Gasteiger partial charge < -0.3 is 9.88 Å². The second kappa shape index (κ2) is 6.48. The minimum atomic E-state index is -0.191. The smallest absolute Gasteiger partial charge is 0.123 e. The third-order valence-electron chi connectivity index (χ3n) is 3.15. The van der Waals surface area contributed by atoms with Gasteiger partial charge in [0.1, 0.15) is 11.6 Å². The molecule has 0 radical (unpaired) electrons. The van der Waals surface area contributed by atoms with E-state index >= 15 is 0 Å². The largest absolute Gasteiger partial charge is 0.335 e. The van der Waals surface area contributed by atoms with Crippen molar-refractivity contribution < 1.29 is 4.39 Å². The van der Waals surface area contributed by atoms with Gasteiger partial charge in [-0.05, 0) is 36.7 Å². The molecule has 0 fully saturated rings. The monoisotopic (exact) mass is 261 g/mol. The summed E-state index contributed by atoms with van der Waals surface area (Å²) in [5, 5.41) is 3.11. The molecule has 0 unspecified atom stereocenters. The van der Waals surface area contributed by atoms with Crippen molar-refractivity contribution in [3.8, 4) is 0 Å². The average molecular weight is 261 g/mol. The van der Waals surface area contributed by atoms with Gasteiger partial charge in [0.2, 0.25) is 0 Å². The van der Waals surface area contributed by atoms with Crippen molar-refractivity contribution in [1.82, 2.24) is 14.9 Å². The number of rotatable bonds is 6. The Hall–Kier alpha value is -1.68. The van der Waals surface area contributed by atoms with Crippen molar-refractivity contribution in [3.05, 3.63) is 53.4 Å². The van der Waals surface area contributed by atoms with Crippen LogP contribution in [0.5, 0.6) is 0 Å². The molecule has 0 aliphatic heterocycles. The molecule has 0 spiro atoms. The van der Waals surface area contributed by atoms with Crippen LogP contribution in [0.25, 0.3) is 0 Å². The second-order valence-corrected chi connectivity index (χ2v) is 4.66. The van der Waals surface area contributed by atoms with Gasteiger partial charge in [0, 0.05) is 31.9 Å². The first-order valence-electron chi connectivity index (χ1n) is 6.66. The van der Waals surface area contributed by atoms with Crippen molar-refractivity contribution in [2.45, 2.75) is 32.9 Å². The van der Waals surface area contributed by atoms with Crippen LogP contribution in [0.3, 0.4) is 0 Å².